The average molecular weight is 366 g/mol. The van der Waals surface area contributed by atoms with Gasteiger partial charge in [-0.25, -0.2) is 0 Å². The van der Waals surface area contributed by atoms with Gasteiger partial charge in [0.25, 0.3) is 0 Å². The van der Waals surface area contributed by atoms with Crippen LogP contribution < -0.4 is 10.1 Å². The Morgan fingerprint density at radius 1 is 1.32 bits per heavy atom. The number of nitrogens with zero attached hydrogens (tertiary/aromatic N) is 5. The smallest absolute Gasteiger partial charge is 0.243 e. The lowest BCUT2D eigenvalue weighted by Crippen LogP contribution is -2.41. The van der Waals surface area contributed by atoms with Crippen LogP contribution in [-0.4, -0.2) is 48.4 Å². The third-order valence-electron chi connectivity index (χ3n) is 3.26. The monoisotopic (exact) mass is 366 g/mol. The average Bonchev–Trinajstić information content (AvgIpc) is 3.07. The largest absolute Gasteiger partial charge is 0.476 e. The number of hydrogen-bond donors (Lipinski definition) is 1. The maximum Gasteiger partial charge on any atom is 0.243 e. The SMILES string of the molecule is CCOc1nn(CC)cc1-c1nnc(SCC(=O)NC(C)(C)C)n1C. The summed E-state index contributed by atoms with van der Waals surface area (Å²) >= 11 is 1.35. The summed E-state index contributed by atoms with van der Waals surface area (Å²) in [7, 11) is 1.87. The van der Waals surface area contributed by atoms with E-state index in [-0.39, 0.29) is 17.2 Å². The van der Waals surface area contributed by atoms with E-state index in [1.54, 1.807) is 4.68 Å². The van der Waals surface area contributed by atoms with E-state index in [2.05, 4.69) is 20.6 Å². The summed E-state index contributed by atoms with van der Waals surface area (Å²) in [6.07, 6.45) is 1.90. The third-order valence-corrected chi connectivity index (χ3v) is 4.28. The van der Waals surface area contributed by atoms with Crippen LogP contribution in [-0.2, 0) is 18.4 Å². The minimum absolute atomic E-state index is 0.0316. The van der Waals surface area contributed by atoms with Crippen molar-refractivity contribution >= 4 is 17.7 Å². The van der Waals surface area contributed by atoms with Crippen LogP contribution in [0, 0.1) is 0 Å². The second-order valence-corrected chi connectivity index (χ2v) is 7.53. The van der Waals surface area contributed by atoms with Crippen molar-refractivity contribution in [3.8, 4) is 17.3 Å². The summed E-state index contributed by atoms with van der Waals surface area (Å²) in [5.74, 6) is 1.47. The molecule has 0 aliphatic rings. The molecule has 2 aromatic rings. The van der Waals surface area contributed by atoms with Gasteiger partial charge in [-0.1, -0.05) is 11.8 Å². The molecule has 0 saturated heterocycles. The molecule has 0 aliphatic heterocycles. The number of nitrogens with one attached hydrogen (secondary N) is 1. The molecule has 2 rings (SSSR count). The Kier molecular flexibility index (Phi) is 6.10. The summed E-state index contributed by atoms with van der Waals surface area (Å²) in [4.78, 5) is 12.0. The normalized spacial score (nSPS) is 11.6. The van der Waals surface area contributed by atoms with E-state index in [0.717, 1.165) is 12.1 Å². The number of carbonyl (C=O) groups excluding carboxylic acids is 1. The summed E-state index contributed by atoms with van der Waals surface area (Å²) in [6, 6.07) is 0. The second kappa shape index (κ2) is 7.90. The minimum Gasteiger partial charge on any atom is -0.476 e. The van der Waals surface area contributed by atoms with Gasteiger partial charge in [0, 0.05) is 25.3 Å². The van der Waals surface area contributed by atoms with Gasteiger partial charge in [0.1, 0.15) is 5.56 Å². The lowest BCUT2D eigenvalue weighted by molar-refractivity contribution is -0.119. The highest BCUT2D eigenvalue weighted by Gasteiger charge is 2.20. The number of thioether (sulfide) groups is 1. The summed E-state index contributed by atoms with van der Waals surface area (Å²) in [6.45, 7) is 11.1. The van der Waals surface area contributed by atoms with Crippen molar-refractivity contribution in [3.63, 3.8) is 0 Å². The number of aromatic nitrogens is 5. The van der Waals surface area contributed by atoms with E-state index in [4.69, 9.17) is 4.74 Å². The highest BCUT2D eigenvalue weighted by atomic mass is 32.2. The first-order chi connectivity index (χ1) is 11.7. The maximum absolute atomic E-state index is 12.0. The zero-order valence-corrected chi connectivity index (χ0v) is 16.5. The van der Waals surface area contributed by atoms with Crippen molar-refractivity contribution in [1.29, 1.82) is 0 Å². The Bertz CT molecular complexity index is 732. The molecule has 0 aliphatic carbocycles. The Morgan fingerprint density at radius 2 is 2.04 bits per heavy atom. The molecule has 0 atom stereocenters. The van der Waals surface area contributed by atoms with Crippen LogP contribution in [0.25, 0.3) is 11.4 Å². The van der Waals surface area contributed by atoms with Gasteiger partial charge in [0.2, 0.25) is 11.8 Å². The predicted octanol–water partition coefficient (Wildman–Crippen LogP) is 2.10. The van der Waals surface area contributed by atoms with Gasteiger partial charge in [-0.05, 0) is 34.6 Å². The number of hydrogen-bond acceptors (Lipinski definition) is 6. The van der Waals surface area contributed by atoms with Gasteiger partial charge < -0.3 is 14.6 Å². The van der Waals surface area contributed by atoms with Crippen LogP contribution in [0.1, 0.15) is 34.6 Å². The fourth-order valence-corrected chi connectivity index (χ4v) is 2.93. The molecule has 0 bridgehead atoms. The van der Waals surface area contributed by atoms with E-state index >= 15 is 0 Å². The van der Waals surface area contributed by atoms with Crippen LogP contribution in [0.15, 0.2) is 11.4 Å². The van der Waals surface area contributed by atoms with Gasteiger partial charge >= 0.3 is 0 Å². The number of ether oxygens (including phenoxy) is 1. The molecule has 0 fully saturated rings. The first-order valence-electron chi connectivity index (χ1n) is 8.29. The van der Waals surface area contributed by atoms with E-state index in [1.807, 2.05) is 52.4 Å². The molecule has 2 aromatic heterocycles. The Hall–Kier alpha value is -2.03. The van der Waals surface area contributed by atoms with Crippen molar-refractivity contribution in [2.45, 2.75) is 51.9 Å². The molecule has 0 spiro atoms. The van der Waals surface area contributed by atoms with Gasteiger partial charge in [-0.15, -0.1) is 15.3 Å². The summed E-state index contributed by atoms with van der Waals surface area (Å²) in [5.41, 5.74) is 0.550. The number of rotatable bonds is 7. The van der Waals surface area contributed by atoms with Gasteiger partial charge in [-0.3, -0.25) is 9.48 Å². The second-order valence-electron chi connectivity index (χ2n) is 6.59. The molecule has 0 aromatic carbocycles. The molecular formula is C16H26N6O2S. The van der Waals surface area contributed by atoms with Gasteiger partial charge in [-0.2, -0.15) is 0 Å². The molecule has 0 radical (unpaired) electrons. The molecule has 25 heavy (non-hydrogen) atoms. The standard InChI is InChI=1S/C16H26N6O2S/c1-7-22-9-11(14(20-22)24-8-2)13-18-19-15(21(13)6)25-10-12(23)17-16(3,4)5/h9H,7-8,10H2,1-6H3,(H,17,23). The molecule has 8 nitrogen and oxygen atoms in total. The molecule has 2 heterocycles. The lowest BCUT2D eigenvalue weighted by atomic mass is 10.1. The number of amides is 1. The fourth-order valence-electron chi connectivity index (χ4n) is 2.22. The van der Waals surface area contributed by atoms with Crippen LogP contribution in [0.4, 0.5) is 0 Å². The highest BCUT2D eigenvalue weighted by Crippen LogP contribution is 2.29. The number of aryl methyl sites for hydroxylation is 1. The first kappa shape index (κ1) is 19.3. The van der Waals surface area contributed by atoms with E-state index in [0.29, 0.717) is 23.5 Å². The van der Waals surface area contributed by atoms with Crippen LogP contribution in [0.3, 0.4) is 0 Å². The van der Waals surface area contributed by atoms with Gasteiger partial charge in [0.15, 0.2) is 11.0 Å². The fraction of sp³-hybridized carbons (Fsp3) is 0.625. The number of carbonyl (C=O) groups is 1. The Morgan fingerprint density at radius 3 is 2.64 bits per heavy atom. The van der Waals surface area contributed by atoms with Crippen molar-refractivity contribution in [2.24, 2.45) is 7.05 Å². The van der Waals surface area contributed by atoms with Crippen molar-refractivity contribution < 1.29 is 9.53 Å². The van der Waals surface area contributed by atoms with E-state index < -0.39 is 0 Å². The topological polar surface area (TPSA) is 86.9 Å². The third kappa shape index (κ3) is 4.97. The molecule has 138 valence electrons. The molecule has 0 unspecified atom stereocenters. The van der Waals surface area contributed by atoms with Crippen LogP contribution >= 0.6 is 11.8 Å². The highest BCUT2D eigenvalue weighted by molar-refractivity contribution is 7.99. The summed E-state index contributed by atoms with van der Waals surface area (Å²) in [5, 5.41) is 16.5. The van der Waals surface area contributed by atoms with E-state index in [9.17, 15) is 4.79 Å². The molecule has 1 N–H and O–H groups in total. The van der Waals surface area contributed by atoms with Crippen molar-refractivity contribution in [1.82, 2.24) is 29.9 Å². The zero-order chi connectivity index (χ0) is 18.6. The van der Waals surface area contributed by atoms with Crippen LogP contribution in [0.2, 0.25) is 0 Å². The van der Waals surface area contributed by atoms with Crippen LogP contribution in [0.5, 0.6) is 5.88 Å². The molecule has 9 heteroatoms. The summed E-state index contributed by atoms with van der Waals surface area (Å²) < 4.78 is 9.27. The molecule has 0 saturated carbocycles. The maximum atomic E-state index is 12.0. The minimum atomic E-state index is -0.246. The zero-order valence-electron chi connectivity index (χ0n) is 15.7. The quantitative estimate of drug-likeness (QED) is 0.755. The van der Waals surface area contributed by atoms with E-state index in [1.165, 1.54) is 11.8 Å². The van der Waals surface area contributed by atoms with Crippen molar-refractivity contribution in [3.05, 3.63) is 6.20 Å². The predicted molar refractivity (Wildman–Crippen MR) is 97.7 cm³/mol. The van der Waals surface area contributed by atoms with Crippen molar-refractivity contribution in [2.75, 3.05) is 12.4 Å². The Balaban J connectivity index is 2.16. The Labute approximate surface area is 152 Å². The molecule has 1 amide bonds. The first-order valence-corrected chi connectivity index (χ1v) is 9.27. The van der Waals surface area contributed by atoms with Gasteiger partial charge in [0.05, 0.1) is 12.4 Å². The molecular weight excluding hydrogens is 340 g/mol. The lowest BCUT2D eigenvalue weighted by Gasteiger charge is -2.20.